The van der Waals surface area contributed by atoms with Gasteiger partial charge in [-0.3, -0.25) is 0 Å². The third-order valence-electron chi connectivity index (χ3n) is 1.42. The molecule has 0 heterocycles. The number of carboxylic acids is 1. The summed E-state index contributed by atoms with van der Waals surface area (Å²) < 4.78 is 5.17. The van der Waals surface area contributed by atoms with Crippen LogP contribution in [0.1, 0.15) is 13.3 Å². The molecule has 0 aliphatic carbocycles. The summed E-state index contributed by atoms with van der Waals surface area (Å²) in [5.74, 6) is -0.968. The fourth-order valence-corrected chi connectivity index (χ4v) is 0.543. The molecule has 3 nitrogen and oxygen atoms in total. The van der Waals surface area contributed by atoms with E-state index in [1.165, 1.54) is 0 Å². The molecule has 1 unspecified atom stereocenters. The highest BCUT2D eigenvalue weighted by atomic mass is 16.5. The van der Waals surface area contributed by atoms with Crippen molar-refractivity contribution in [2.24, 2.45) is 0 Å². The van der Waals surface area contributed by atoms with Gasteiger partial charge in [0, 0.05) is 12.0 Å². The van der Waals surface area contributed by atoms with Gasteiger partial charge in [0.2, 0.25) is 0 Å². The third-order valence-corrected chi connectivity index (χ3v) is 1.42. The van der Waals surface area contributed by atoms with E-state index >= 15 is 0 Å². The quantitative estimate of drug-likeness (QED) is 0.486. The van der Waals surface area contributed by atoms with Crippen LogP contribution in [0.3, 0.4) is 0 Å². The summed E-state index contributed by atoms with van der Waals surface area (Å²) in [5.41, 5.74) is 0.172. The zero-order chi connectivity index (χ0) is 9.56. The molecule has 0 aliphatic heterocycles. The van der Waals surface area contributed by atoms with Gasteiger partial charge in [0.25, 0.3) is 0 Å². The van der Waals surface area contributed by atoms with Crippen molar-refractivity contribution in [1.29, 1.82) is 0 Å². The topological polar surface area (TPSA) is 46.5 Å². The maximum Gasteiger partial charge on any atom is 0.331 e. The molecule has 0 aromatic rings. The zero-order valence-corrected chi connectivity index (χ0v) is 7.25. The Morgan fingerprint density at radius 2 is 2.33 bits per heavy atom. The first-order valence-corrected chi connectivity index (χ1v) is 3.73. The minimum Gasteiger partial charge on any atom is -0.478 e. The summed E-state index contributed by atoms with van der Waals surface area (Å²) in [6.45, 7) is 9.12. The third kappa shape index (κ3) is 4.68. The Kier molecular flexibility index (Phi) is 5.04. The highest BCUT2D eigenvalue weighted by Gasteiger charge is 2.03. The van der Waals surface area contributed by atoms with Gasteiger partial charge in [-0.05, 0) is 6.92 Å². The van der Waals surface area contributed by atoms with Crippen molar-refractivity contribution in [3.8, 4) is 0 Å². The van der Waals surface area contributed by atoms with Crippen molar-refractivity contribution in [1.82, 2.24) is 0 Å². The molecule has 0 rings (SSSR count). The van der Waals surface area contributed by atoms with Gasteiger partial charge in [-0.25, -0.2) is 4.79 Å². The molecule has 12 heavy (non-hydrogen) atoms. The van der Waals surface area contributed by atoms with Crippen LogP contribution in [-0.2, 0) is 9.53 Å². The van der Waals surface area contributed by atoms with Gasteiger partial charge in [-0.2, -0.15) is 0 Å². The Balaban J connectivity index is 3.50. The SMILES string of the molecule is C=CC(C)OCCC(=C)C(=O)O. The highest BCUT2D eigenvalue weighted by Crippen LogP contribution is 2.00. The number of carbonyl (C=O) groups is 1. The van der Waals surface area contributed by atoms with E-state index in [4.69, 9.17) is 9.84 Å². The number of hydrogen-bond donors (Lipinski definition) is 1. The standard InChI is InChI=1S/C9H14O3/c1-4-8(3)12-6-5-7(2)9(10)11/h4,8H,1-2,5-6H2,3H3,(H,10,11). The lowest BCUT2D eigenvalue weighted by Gasteiger charge is -2.07. The fraction of sp³-hybridized carbons (Fsp3) is 0.444. The van der Waals surface area contributed by atoms with Crippen molar-refractivity contribution in [3.05, 3.63) is 24.8 Å². The predicted octanol–water partition coefficient (Wildman–Crippen LogP) is 1.61. The molecule has 0 bridgehead atoms. The van der Waals surface area contributed by atoms with Crippen LogP contribution in [0.25, 0.3) is 0 Å². The van der Waals surface area contributed by atoms with E-state index in [0.29, 0.717) is 13.0 Å². The van der Waals surface area contributed by atoms with Crippen LogP contribution in [0, 0.1) is 0 Å². The second-order valence-electron chi connectivity index (χ2n) is 2.47. The highest BCUT2D eigenvalue weighted by molar-refractivity contribution is 5.85. The van der Waals surface area contributed by atoms with Crippen LogP contribution in [-0.4, -0.2) is 23.8 Å². The summed E-state index contributed by atoms with van der Waals surface area (Å²) in [7, 11) is 0. The Labute approximate surface area is 72.3 Å². The first-order chi connectivity index (χ1) is 5.57. The summed E-state index contributed by atoms with van der Waals surface area (Å²) in [4.78, 5) is 10.3. The summed E-state index contributed by atoms with van der Waals surface area (Å²) in [5, 5.41) is 8.43. The van der Waals surface area contributed by atoms with Gasteiger partial charge < -0.3 is 9.84 Å². The van der Waals surface area contributed by atoms with E-state index in [0.717, 1.165) is 0 Å². The van der Waals surface area contributed by atoms with Crippen molar-refractivity contribution < 1.29 is 14.6 Å². The Hall–Kier alpha value is -1.09. The second kappa shape index (κ2) is 5.55. The number of aliphatic carboxylic acids is 1. The van der Waals surface area contributed by atoms with Crippen LogP contribution in [0.4, 0.5) is 0 Å². The number of ether oxygens (including phenoxy) is 1. The van der Waals surface area contributed by atoms with Crippen LogP contribution in [0.15, 0.2) is 24.8 Å². The molecule has 0 aromatic heterocycles. The minimum absolute atomic E-state index is 0.0356. The molecule has 0 fully saturated rings. The van der Waals surface area contributed by atoms with E-state index in [9.17, 15) is 4.79 Å². The molecular weight excluding hydrogens is 156 g/mol. The number of carboxylic acid groups (broad SMARTS) is 1. The molecule has 1 atom stereocenters. The summed E-state index contributed by atoms with van der Waals surface area (Å²) >= 11 is 0. The lowest BCUT2D eigenvalue weighted by Crippen LogP contribution is -2.08. The van der Waals surface area contributed by atoms with Gasteiger partial charge in [0.1, 0.15) is 0 Å². The number of rotatable bonds is 6. The van der Waals surface area contributed by atoms with E-state index in [1.54, 1.807) is 6.08 Å². The van der Waals surface area contributed by atoms with Gasteiger partial charge >= 0.3 is 5.97 Å². The van der Waals surface area contributed by atoms with Crippen molar-refractivity contribution in [3.63, 3.8) is 0 Å². The largest absolute Gasteiger partial charge is 0.478 e. The molecule has 0 aliphatic rings. The molecule has 1 N–H and O–H groups in total. The Morgan fingerprint density at radius 1 is 1.75 bits per heavy atom. The maximum atomic E-state index is 10.3. The van der Waals surface area contributed by atoms with E-state index in [2.05, 4.69) is 13.2 Å². The average molecular weight is 170 g/mol. The summed E-state index contributed by atoms with van der Waals surface area (Å²) in [6, 6.07) is 0. The van der Waals surface area contributed by atoms with Crippen molar-refractivity contribution in [2.75, 3.05) is 6.61 Å². The Morgan fingerprint density at radius 3 is 2.75 bits per heavy atom. The first kappa shape index (κ1) is 10.9. The fourth-order valence-electron chi connectivity index (χ4n) is 0.543. The van der Waals surface area contributed by atoms with Crippen LogP contribution >= 0.6 is 0 Å². The van der Waals surface area contributed by atoms with Crippen molar-refractivity contribution >= 4 is 5.97 Å². The first-order valence-electron chi connectivity index (χ1n) is 3.73. The van der Waals surface area contributed by atoms with Crippen LogP contribution < -0.4 is 0 Å². The van der Waals surface area contributed by atoms with Crippen molar-refractivity contribution in [2.45, 2.75) is 19.4 Å². The van der Waals surface area contributed by atoms with Crippen LogP contribution in [0.2, 0.25) is 0 Å². The smallest absolute Gasteiger partial charge is 0.331 e. The molecule has 0 spiro atoms. The molecular formula is C9H14O3. The molecule has 0 aromatic carbocycles. The van der Waals surface area contributed by atoms with Gasteiger partial charge in [0.15, 0.2) is 0 Å². The van der Waals surface area contributed by atoms with Crippen LogP contribution in [0.5, 0.6) is 0 Å². The lowest BCUT2D eigenvalue weighted by atomic mass is 10.2. The van der Waals surface area contributed by atoms with E-state index in [1.807, 2.05) is 6.92 Å². The molecule has 0 radical (unpaired) electrons. The molecule has 0 saturated carbocycles. The molecule has 0 saturated heterocycles. The molecule has 3 heteroatoms. The minimum atomic E-state index is -0.968. The van der Waals surface area contributed by atoms with E-state index < -0.39 is 5.97 Å². The average Bonchev–Trinajstić information content (AvgIpc) is 2.03. The summed E-state index contributed by atoms with van der Waals surface area (Å²) in [6.07, 6.45) is 1.98. The van der Waals surface area contributed by atoms with E-state index in [-0.39, 0.29) is 11.7 Å². The normalized spacial score (nSPS) is 12.1. The number of hydrogen-bond acceptors (Lipinski definition) is 2. The monoisotopic (exact) mass is 170 g/mol. The second-order valence-corrected chi connectivity index (χ2v) is 2.47. The van der Waals surface area contributed by atoms with Gasteiger partial charge in [-0.15, -0.1) is 6.58 Å². The maximum absolute atomic E-state index is 10.3. The van der Waals surface area contributed by atoms with Gasteiger partial charge in [0.05, 0.1) is 12.7 Å². The molecule has 0 amide bonds. The predicted molar refractivity (Wildman–Crippen MR) is 47.0 cm³/mol. The lowest BCUT2D eigenvalue weighted by molar-refractivity contribution is -0.132. The zero-order valence-electron chi connectivity index (χ0n) is 7.25. The van der Waals surface area contributed by atoms with Gasteiger partial charge in [-0.1, -0.05) is 12.7 Å². The Bertz CT molecular complexity index is 184. The molecule has 68 valence electrons.